The van der Waals surface area contributed by atoms with Crippen LogP contribution in [0.1, 0.15) is 103 Å². The molecule has 2 aromatic carbocycles. The van der Waals surface area contributed by atoms with E-state index >= 15 is 0 Å². The first kappa shape index (κ1) is 56.5. The van der Waals surface area contributed by atoms with Gasteiger partial charge in [-0.2, -0.15) is 13.0 Å². The first-order chi connectivity index (χ1) is 34.9. The van der Waals surface area contributed by atoms with Crippen LogP contribution in [0.4, 0.5) is 17.2 Å². The molecule has 0 spiro atoms. The maximum absolute atomic E-state index is 12.7. The highest BCUT2D eigenvalue weighted by Crippen LogP contribution is 2.48. The summed E-state index contributed by atoms with van der Waals surface area (Å²) in [5, 5.41) is 26.7. The van der Waals surface area contributed by atoms with E-state index in [4.69, 9.17) is 15.0 Å². The molecule has 22 nitrogen and oxygen atoms in total. The number of benzene rings is 2. The molecule has 25 heteroatoms. The monoisotopic (exact) mass is 1080 g/mol. The molecule has 1 fully saturated rings. The molecule has 1 unspecified atom stereocenters. The molecule has 4 aromatic rings. The number of aromatic nitrogens is 4. The first-order valence-electron chi connectivity index (χ1n) is 24.5. The normalized spacial score (nSPS) is 21.9. The molecule has 5 atom stereocenters. The number of nitrogens with one attached hydrogen (secondary N) is 2. The molecular weight excluding hydrogens is 1020 g/mol. The summed E-state index contributed by atoms with van der Waals surface area (Å²) in [5.74, 6) is 0.0637. The van der Waals surface area contributed by atoms with Gasteiger partial charge in [0.1, 0.15) is 46.8 Å². The van der Waals surface area contributed by atoms with Crippen molar-refractivity contribution < 1.29 is 64.2 Å². The number of nitrogens with two attached hydrogens (primary N) is 1. The van der Waals surface area contributed by atoms with Crippen molar-refractivity contribution >= 4 is 68.0 Å². The number of nitrogen functional groups attached to an aromatic ring is 1. The lowest BCUT2D eigenvalue weighted by atomic mass is 9.81. The molecule has 5 heterocycles. The van der Waals surface area contributed by atoms with Gasteiger partial charge in [-0.05, 0) is 88.4 Å². The van der Waals surface area contributed by atoms with Crippen molar-refractivity contribution in [3.63, 3.8) is 0 Å². The van der Waals surface area contributed by atoms with Crippen molar-refractivity contribution in [3.05, 3.63) is 96.3 Å². The van der Waals surface area contributed by atoms with Crippen LogP contribution in [0.15, 0.2) is 94.9 Å². The molecule has 74 heavy (non-hydrogen) atoms. The van der Waals surface area contributed by atoms with Crippen LogP contribution in [0, 0.1) is 0 Å². The first-order valence-corrected chi connectivity index (χ1v) is 28.9. The van der Waals surface area contributed by atoms with Crippen LogP contribution in [0.25, 0.3) is 11.2 Å². The number of anilines is 2. The molecule has 1 saturated heterocycles. The Morgan fingerprint density at radius 2 is 1.62 bits per heavy atom. The fourth-order valence-electron chi connectivity index (χ4n) is 9.81. The van der Waals surface area contributed by atoms with E-state index in [1.165, 1.54) is 41.5 Å². The van der Waals surface area contributed by atoms with Gasteiger partial charge < -0.3 is 40.3 Å². The number of nitrogens with zero attached hydrogens (tertiary/aromatic N) is 6. The van der Waals surface area contributed by atoms with Crippen LogP contribution in [0.2, 0.25) is 0 Å². The number of aliphatic hydroxyl groups is 2. The van der Waals surface area contributed by atoms with Gasteiger partial charge in [0.25, 0.3) is 10.1 Å². The lowest BCUT2D eigenvalue weighted by molar-refractivity contribution is -0.438. The van der Waals surface area contributed by atoms with E-state index < -0.39 is 70.0 Å². The number of allylic oxidation sites excluding steroid dienone is 6. The predicted octanol–water partition coefficient (Wildman–Crippen LogP) is 5.01. The molecule has 0 saturated carbocycles. The van der Waals surface area contributed by atoms with Gasteiger partial charge in [0.2, 0.25) is 11.6 Å². The van der Waals surface area contributed by atoms with E-state index in [-0.39, 0.29) is 33.7 Å². The zero-order valence-corrected chi connectivity index (χ0v) is 44.5. The number of carbonyl (C=O) groups excluding carboxylic acids is 1. The molecule has 402 valence electrons. The van der Waals surface area contributed by atoms with Gasteiger partial charge in [0.05, 0.1) is 28.1 Å². The minimum absolute atomic E-state index is 0.0667. The van der Waals surface area contributed by atoms with E-state index in [1.807, 2.05) is 65.0 Å². The largest absolute Gasteiger partial charge is 0.744 e. The van der Waals surface area contributed by atoms with Crippen molar-refractivity contribution in [2.24, 2.45) is 0 Å². The lowest BCUT2D eigenvalue weighted by Gasteiger charge is -2.25. The molecule has 1 amide bonds. The third kappa shape index (κ3) is 12.5. The third-order valence-corrected chi connectivity index (χ3v) is 16.6. The number of ether oxygens (including phenoxy) is 1. The summed E-state index contributed by atoms with van der Waals surface area (Å²) in [5.41, 5.74) is 10.2. The second kappa shape index (κ2) is 22.9. The third-order valence-electron chi connectivity index (χ3n) is 13.8. The highest BCUT2D eigenvalue weighted by atomic mass is 32.2. The van der Waals surface area contributed by atoms with Crippen LogP contribution < -0.4 is 21.0 Å². The molecule has 2 aromatic heterocycles. The van der Waals surface area contributed by atoms with Crippen LogP contribution in [0.5, 0.6) is 0 Å². The topological polar surface area (TPSA) is 325 Å². The van der Waals surface area contributed by atoms with Gasteiger partial charge in [0.15, 0.2) is 23.4 Å². The fraction of sp³-hybridized carbons (Fsp3) is 0.490. The number of unbranched alkanes of at least 4 members (excludes halogenated alkanes) is 5. The Balaban J connectivity index is 0.837. The second-order valence-corrected chi connectivity index (χ2v) is 24.0. The zero-order chi connectivity index (χ0) is 53.8. The Hall–Kier alpha value is -5.24. The Bertz CT molecular complexity index is 3140. The van der Waals surface area contributed by atoms with E-state index in [1.54, 1.807) is 12.1 Å². The van der Waals surface area contributed by atoms with Crippen molar-refractivity contribution in [2.45, 2.75) is 131 Å². The molecule has 3 aliphatic rings. The minimum atomic E-state index is -4.70. The second-order valence-electron chi connectivity index (χ2n) is 19.5. The number of imidazole rings is 1. The van der Waals surface area contributed by atoms with E-state index in [9.17, 15) is 50.4 Å². The summed E-state index contributed by atoms with van der Waals surface area (Å²) < 4.78 is 96.8. The Labute approximate surface area is 431 Å². The zero-order valence-electron chi connectivity index (χ0n) is 42.0. The van der Waals surface area contributed by atoms with Crippen LogP contribution in [-0.2, 0) is 49.7 Å². The molecule has 0 bridgehead atoms. The van der Waals surface area contributed by atoms with Crippen LogP contribution >= 0.6 is 7.75 Å². The molecule has 7 rings (SSSR count). The summed E-state index contributed by atoms with van der Waals surface area (Å²) in [6, 6.07) is 9.07. The number of fused-ring (bicyclic) bond motifs is 3. The molecule has 0 aliphatic carbocycles. The van der Waals surface area contributed by atoms with Gasteiger partial charge in [0, 0.05) is 67.0 Å². The van der Waals surface area contributed by atoms with E-state index in [0.29, 0.717) is 56.4 Å². The summed E-state index contributed by atoms with van der Waals surface area (Å²) >= 11 is 0. The molecule has 0 radical (unpaired) electrons. The summed E-state index contributed by atoms with van der Waals surface area (Å²) in [6.07, 6.45) is 12.3. The lowest BCUT2D eigenvalue weighted by Crippen LogP contribution is -2.34. The molecule has 3 aliphatic heterocycles. The number of hydrogen-bond donors (Lipinski definition) is 7. The van der Waals surface area contributed by atoms with Crippen LogP contribution in [0.3, 0.4) is 0 Å². The number of likely N-dealkylation sites (N-methyl/N-ethyl adjacent to an activating group) is 1. The van der Waals surface area contributed by atoms with E-state index in [2.05, 4.69) is 34.8 Å². The number of hydrogen-bond acceptors (Lipinski definition) is 16. The summed E-state index contributed by atoms with van der Waals surface area (Å²) in [6.45, 7) is 11.3. The van der Waals surface area contributed by atoms with Gasteiger partial charge in [-0.3, -0.25) is 18.4 Å². The van der Waals surface area contributed by atoms with Crippen molar-refractivity contribution in [1.82, 2.24) is 29.9 Å². The van der Waals surface area contributed by atoms with Crippen molar-refractivity contribution in [2.75, 3.05) is 43.4 Å². The molecule has 8 N–H and O–H groups in total. The highest BCUT2D eigenvalue weighted by molar-refractivity contribution is 7.86. The smallest absolute Gasteiger partial charge is 0.403 e. The maximum Gasteiger partial charge on any atom is 0.403 e. The average molecular weight is 1080 g/mol. The van der Waals surface area contributed by atoms with Crippen molar-refractivity contribution in [1.29, 1.82) is 0 Å². The van der Waals surface area contributed by atoms with Gasteiger partial charge in [-0.15, -0.1) is 0 Å². The fourth-order valence-corrected chi connectivity index (χ4v) is 11.7. The number of rotatable bonds is 24. The molecular formula is C49H66N9O13PS2. The van der Waals surface area contributed by atoms with Crippen molar-refractivity contribution in [3.8, 4) is 0 Å². The number of amides is 1. The van der Waals surface area contributed by atoms with Gasteiger partial charge in [-0.1, -0.05) is 44.9 Å². The van der Waals surface area contributed by atoms with E-state index in [0.717, 1.165) is 54.0 Å². The predicted molar refractivity (Wildman–Crippen MR) is 275 cm³/mol. The van der Waals surface area contributed by atoms with Gasteiger partial charge >= 0.3 is 7.75 Å². The van der Waals surface area contributed by atoms with Crippen LogP contribution in [-0.4, -0.2) is 128 Å². The maximum atomic E-state index is 12.7. The summed E-state index contributed by atoms with van der Waals surface area (Å²) in [4.78, 5) is 36.8. The average Bonchev–Trinajstić information content (AvgIpc) is 4.01. The van der Waals surface area contributed by atoms with Gasteiger partial charge in [-0.25, -0.2) is 33.0 Å². The standard InChI is InChI=1S/C49H66N9O13PS2/c1-6-56-36-22-20-32(73(64,65)66)27-34(36)48(2,3)39(56)17-11-9-12-18-40-49(4,5)35-28-33(74(67,68)69)21-23-37(35)57(40)26-16-10-13-19-41(59)51-24-14-7-8-15-25-55-72(62,63)70-29-38-43(60)44(61)47(71-38)58-31-54-42-45(50)52-30-53-46(42)58/h9,11-12,17-18,20-23,27-28,30-31,38,43-44,47,60-61H,6-8,10,13-16,19,24-26,29H2,1-5H3,(H6-,50,51,52,53,55,59,62,63,64,65,66,67,68,69)/t38-,43-,44-,47-/m1/s1. The number of carbonyl (C=O) groups is 1. The minimum Gasteiger partial charge on any atom is -0.744 e. The SMILES string of the molecule is CCN1C(=CC=CC=CC2=[N+](CCCCCC(=O)NCCCCCCNP(=O)(O)OC[C@H]3O[C@@H](n4cnc5c(N)ncnc54)[C@H](O)[C@@H]3O)c3ccc(S(=O)(=O)[O-])cc3C2(C)C)C(C)(C)c2cc(S(=O)(=O)O)ccc21. The summed E-state index contributed by atoms with van der Waals surface area (Å²) in [7, 11) is -13.3. The Morgan fingerprint density at radius 3 is 2.34 bits per heavy atom. The number of aliphatic hydroxyl groups excluding tert-OH is 2. The highest BCUT2D eigenvalue weighted by Gasteiger charge is 2.46. The Morgan fingerprint density at radius 1 is 0.919 bits per heavy atom. The Kier molecular flexibility index (Phi) is 17.5. The quantitative estimate of drug-likeness (QED) is 0.0159.